The van der Waals surface area contributed by atoms with Gasteiger partial charge in [-0.05, 0) is 12.8 Å². The molecule has 0 aromatic rings. The summed E-state index contributed by atoms with van der Waals surface area (Å²) in [5.41, 5.74) is -0.779. The highest BCUT2D eigenvalue weighted by Crippen LogP contribution is 2.20. The standard InChI is InChI=1S/C10H18N2O3/c13-9(12-8-1-2-8)11-7-10(14)3-5-15-6-4-10/h8,14H,1-7H2,(H2,11,12,13). The lowest BCUT2D eigenvalue weighted by Crippen LogP contribution is -2.49. The third-order valence-corrected chi connectivity index (χ3v) is 2.91. The maximum atomic E-state index is 11.3. The molecule has 1 saturated heterocycles. The molecular weight excluding hydrogens is 196 g/mol. The van der Waals surface area contributed by atoms with Gasteiger partial charge in [0.25, 0.3) is 0 Å². The molecule has 15 heavy (non-hydrogen) atoms. The zero-order valence-electron chi connectivity index (χ0n) is 8.79. The number of hydrogen-bond acceptors (Lipinski definition) is 3. The van der Waals surface area contributed by atoms with Gasteiger partial charge in [-0.15, -0.1) is 0 Å². The van der Waals surface area contributed by atoms with Crippen molar-refractivity contribution in [3.05, 3.63) is 0 Å². The molecule has 2 fully saturated rings. The Morgan fingerprint density at radius 2 is 2.07 bits per heavy atom. The average Bonchev–Trinajstić information content (AvgIpc) is 3.00. The molecule has 1 heterocycles. The van der Waals surface area contributed by atoms with Crippen molar-refractivity contribution in [1.82, 2.24) is 10.6 Å². The van der Waals surface area contributed by atoms with Crippen molar-refractivity contribution in [1.29, 1.82) is 0 Å². The second kappa shape index (κ2) is 4.37. The smallest absolute Gasteiger partial charge is 0.315 e. The van der Waals surface area contributed by atoms with Crippen LogP contribution in [-0.4, -0.2) is 42.5 Å². The van der Waals surface area contributed by atoms with Gasteiger partial charge in [0.05, 0.1) is 5.60 Å². The Balaban J connectivity index is 1.68. The number of hydrogen-bond donors (Lipinski definition) is 3. The quantitative estimate of drug-likeness (QED) is 0.619. The first kappa shape index (κ1) is 10.7. The molecule has 1 aliphatic carbocycles. The molecule has 2 amide bonds. The fourth-order valence-corrected chi connectivity index (χ4v) is 1.64. The third kappa shape index (κ3) is 3.35. The summed E-state index contributed by atoms with van der Waals surface area (Å²) in [4.78, 5) is 11.3. The van der Waals surface area contributed by atoms with Gasteiger partial charge in [-0.2, -0.15) is 0 Å². The molecule has 2 rings (SSSR count). The topological polar surface area (TPSA) is 70.6 Å². The van der Waals surface area contributed by atoms with E-state index in [9.17, 15) is 9.90 Å². The first-order valence-corrected chi connectivity index (χ1v) is 5.52. The lowest BCUT2D eigenvalue weighted by Gasteiger charge is -2.32. The molecule has 0 spiro atoms. The lowest BCUT2D eigenvalue weighted by atomic mass is 9.94. The van der Waals surface area contributed by atoms with Gasteiger partial charge in [0, 0.05) is 38.6 Å². The number of ether oxygens (including phenoxy) is 1. The van der Waals surface area contributed by atoms with E-state index in [1.807, 2.05) is 0 Å². The summed E-state index contributed by atoms with van der Waals surface area (Å²) in [6.45, 7) is 1.46. The number of carbonyl (C=O) groups is 1. The molecule has 0 unspecified atom stereocenters. The van der Waals surface area contributed by atoms with E-state index < -0.39 is 5.60 Å². The Bertz CT molecular complexity index is 235. The Labute approximate surface area is 89.2 Å². The van der Waals surface area contributed by atoms with Crippen molar-refractivity contribution in [3.8, 4) is 0 Å². The molecule has 0 aromatic heterocycles. The molecule has 0 radical (unpaired) electrons. The predicted molar refractivity (Wildman–Crippen MR) is 54.6 cm³/mol. The van der Waals surface area contributed by atoms with Crippen LogP contribution in [0.3, 0.4) is 0 Å². The molecule has 0 aromatic carbocycles. The van der Waals surface area contributed by atoms with Crippen molar-refractivity contribution >= 4 is 6.03 Å². The molecule has 1 aliphatic heterocycles. The van der Waals surface area contributed by atoms with E-state index in [1.165, 1.54) is 0 Å². The minimum absolute atomic E-state index is 0.169. The number of nitrogens with one attached hydrogen (secondary N) is 2. The molecule has 5 nitrogen and oxygen atoms in total. The van der Waals surface area contributed by atoms with Crippen molar-refractivity contribution in [2.24, 2.45) is 0 Å². The fourth-order valence-electron chi connectivity index (χ4n) is 1.64. The number of carbonyl (C=O) groups excluding carboxylic acids is 1. The van der Waals surface area contributed by atoms with Gasteiger partial charge in [-0.3, -0.25) is 0 Å². The zero-order chi connectivity index (χ0) is 10.7. The fraction of sp³-hybridized carbons (Fsp3) is 0.900. The molecular formula is C10H18N2O3. The number of amides is 2. The van der Waals surface area contributed by atoms with Crippen LogP contribution in [0.2, 0.25) is 0 Å². The van der Waals surface area contributed by atoms with E-state index in [0.29, 0.717) is 38.6 Å². The van der Waals surface area contributed by atoms with Gasteiger partial charge in [-0.1, -0.05) is 0 Å². The van der Waals surface area contributed by atoms with Crippen LogP contribution in [0.1, 0.15) is 25.7 Å². The van der Waals surface area contributed by atoms with Gasteiger partial charge < -0.3 is 20.5 Å². The highest BCUT2D eigenvalue weighted by atomic mass is 16.5. The molecule has 3 N–H and O–H groups in total. The maximum Gasteiger partial charge on any atom is 0.315 e. The Kier molecular flexibility index (Phi) is 3.11. The molecule has 0 atom stereocenters. The summed E-state index contributed by atoms with van der Waals surface area (Å²) in [5.74, 6) is 0. The highest BCUT2D eigenvalue weighted by Gasteiger charge is 2.31. The van der Waals surface area contributed by atoms with Crippen LogP contribution in [0, 0.1) is 0 Å². The SMILES string of the molecule is O=C(NCC1(O)CCOCC1)NC1CC1. The van der Waals surface area contributed by atoms with Crippen molar-refractivity contribution in [3.63, 3.8) is 0 Å². The minimum Gasteiger partial charge on any atom is -0.388 e. The predicted octanol–water partition coefficient (Wildman–Crippen LogP) is -0.0105. The highest BCUT2D eigenvalue weighted by molar-refractivity contribution is 5.74. The molecule has 5 heteroatoms. The first-order chi connectivity index (χ1) is 7.18. The molecule has 1 saturated carbocycles. The Morgan fingerprint density at radius 3 is 2.67 bits per heavy atom. The summed E-state index contributed by atoms with van der Waals surface area (Å²) >= 11 is 0. The summed E-state index contributed by atoms with van der Waals surface area (Å²) in [5, 5.41) is 15.6. The van der Waals surface area contributed by atoms with Gasteiger partial charge in [-0.25, -0.2) is 4.79 Å². The Morgan fingerprint density at radius 1 is 1.40 bits per heavy atom. The molecule has 2 aliphatic rings. The van der Waals surface area contributed by atoms with E-state index in [1.54, 1.807) is 0 Å². The monoisotopic (exact) mass is 214 g/mol. The average molecular weight is 214 g/mol. The van der Waals surface area contributed by atoms with Gasteiger partial charge in [0.2, 0.25) is 0 Å². The number of aliphatic hydroxyl groups is 1. The van der Waals surface area contributed by atoms with Gasteiger partial charge >= 0.3 is 6.03 Å². The molecule has 86 valence electrons. The largest absolute Gasteiger partial charge is 0.388 e. The number of rotatable bonds is 3. The third-order valence-electron chi connectivity index (χ3n) is 2.91. The van der Waals surface area contributed by atoms with Crippen LogP contribution in [0.4, 0.5) is 4.79 Å². The van der Waals surface area contributed by atoms with Crippen LogP contribution in [-0.2, 0) is 4.74 Å². The second-order valence-electron chi connectivity index (χ2n) is 4.44. The van der Waals surface area contributed by atoms with E-state index in [0.717, 1.165) is 12.8 Å². The summed E-state index contributed by atoms with van der Waals surface area (Å²) in [6.07, 6.45) is 3.34. The van der Waals surface area contributed by atoms with E-state index in [2.05, 4.69) is 10.6 Å². The van der Waals surface area contributed by atoms with Gasteiger partial charge in [0.15, 0.2) is 0 Å². The zero-order valence-corrected chi connectivity index (χ0v) is 8.79. The maximum absolute atomic E-state index is 11.3. The van der Waals surface area contributed by atoms with Crippen molar-refractivity contribution in [2.45, 2.75) is 37.3 Å². The van der Waals surface area contributed by atoms with Crippen LogP contribution in [0.15, 0.2) is 0 Å². The lowest BCUT2D eigenvalue weighted by molar-refractivity contribution is -0.0600. The Hall–Kier alpha value is -0.810. The number of urea groups is 1. The van der Waals surface area contributed by atoms with E-state index in [4.69, 9.17) is 4.74 Å². The summed E-state index contributed by atoms with van der Waals surface area (Å²) < 4.78 is 5.16. The first-order valence-electron chi connectivity index (χ1n) is 5.52. The van der Waals surface area contributed by atoms with Gasteiger partial charge in [0.1, 0.15) is 0 Å². The normalized spacial score (nSPS) is 24.6. The van der Waals surface area contributed by atoms with E-state index in [-0.39, 0.29) is 6.03 Å². The van der Waals surface area contributed by atoms with Crippen LogP contribution >= 0.6 is 0 Å². The summed E-state index contributed by atoms with van der Waals surface area (Å²) in [7, 11) is 0. The van der Waals surface area contributed by atoms with Crippen molar-refractivity contribution < 1.29 is 14.6 Å². The van der Waals surface area contributed by atoms with Crippen LogP contribution in [0.5, 0.6) is 0 Å². The van der Waals surface area contributed by atoms with Crippen LogP contribution < -0.4 is 10.6 Å². The second-order valence-corrected chi connectivity index (χ2v) is 4.44. The van der Waals surface area contributed by atoms with Crippen LogP contribution in [0.25, 0.3) is 0 Å². The summed E-state index contributed by atoms with van der Waals surface area (Å²) in [6, 6.07) is 0.187. The van der Waals surface area contributed by atoms with Crippen molar-refractivity contribution in [2.75, 3.05) is 19.8 Å². The molecule has 0 bridgehead atoms. The van der Waals surface area contributed by atoms with E-state index >= 15 is 0 Å². The minimum atomic E-state index is -0.779.